The van der Waals surface area contributed by atoms with Crippen molar-refractivity contribution >= 4 is 18.5 Å². The highest BCUT2D eigenvalue weighted by Gasteiger charge is 2.30. The van der Waals surface area contributed by atoms with Crippen LogP contribution in [0.5, 0.6) is 0 Å². The number of hydrogen-bond acceptors (Lipinski definition) is 5. The van der Waals surface area contributed by atoms with Crippen LogP contribution in [0, 0.1) is 5.92 Å². The summed E-state index contributed by atoms with van der Waals surface area (Å²) in [6.07, 6.45) is 7.18. The molecule has 2 saturated heterocycles. The van der Waals surface area contributed by atoms with Crippen molar-refractivity contribution in [1.29, 1.82) is 0 Å². The summed E-state index contributed by atoms with van der Waals surface area (Å²) in [5.74, 6) is 0.520. The van der Waals surface area contributed by atoms with Gasteiger partial charge in [-0.2, -0.15) is 0 Å². The lowest BCUT2D eigenvalue weighted by Gasteiger charge is -2.43. The average molecular weight is 442 g/mol. The molecule has 3 fully saturated rings. The number of morpholine rings is 1. The van der Waals surface area contributed by atoms with Gasteiger partial charge in [-0.05, 0) is 59.2 Å². The Labute approximate surface area is 194 Å². The first-order chi connectivity index (χ1) is 15.6. The van der Waals surface area contributed by atoms with E-state index in [4.69, 9.17) is 4.74 Å². The van der Waals surface area contributed by atoms with Gasteiger partial charge in [-0.3, -0.25) is 19.7 Å². The number of nitrogens with zero attached hydrogens (tertiary/aromatic N) is 4. The zero-order valence-corrected chi connectivity index (χ0v) is 20.5. The fraction of sp³-hybridized carbons (Fsp3) is 0.731. The molecule has 1 aliphatic carbocycles. The van der Waals surface area contributed by atoms with Gasteiger partial charge in [-0.25, -0.2) is 0 Å². The minimum absolute atomic E-state index is 0.520. The number of aliphatic imine (C=N–C) groups is 1. The third kappa shape index (κ3) is 5.53. The molecule has 3 aliphatic rings. The number of H-pyrrole nitrogens is 1. The zero-order valence-electron chi connectivity index (χ0n) is 20.5. The average Bonchev–Trinajstić information content (AvgIpc) is 3.23. The first-order valence-electron chi connectivity index (χ1n) is 12.7. The van der Waals surface area contributed by atoms with Gasteiger partial charge in [0, 0.05) is 80.1 Å². The maximum atomic E-state index is 5.50. The molecule has 1 aromatic rings. The van der Waals surface area contributed by atoms with Crippen molar-refractivity contribution in [3.63, 3.8) is 0 Å². The van der Waals surface area contributed by atoms with E-state index in [-0.39, 0.29) is 0 Å². The molecular formula is C26H43N5O. The summed E-state index contributed by atoms with van der Waals surface area (Å²) in [5, 5.41) is 2.46. The minimum atomic E-state index is 0.520. The number of piperazine rings is 1. The van der Waals surface area contributed by atoms with Crippen LogP contribution >= 0.6 is 0 Å². The van der Waals surface area contributed by atoms with Crippen molar-refractivity contribution in [3.05, 3.63) is 22.3 Å². The predicted molar refractivity (Wildman–Crippen MR) is 133 cm³/mol. The highest BCUT2D eigenvalue weighted by molar-refractivity contribution is 5.54. The molecule has 6 heteroatoms. The topological polar surface area (TPSA) is 47.1 Å². The normalized spacial score (nSPS) is 28.3. The monoisotopic (exact) mass is 441 g/mol. The summed E-state index contributed by atoms with van der Waals surface area (Å²) in [6.45, 7) is 20.2. The standard InChI is InChI=1S/C26H43N5O/c1-5-25-24(18-22(28-25)19-29-14-16-32-17-15-29)26(27-4)21-6-8-23(9-7-21)31-12-10-30(11-13-31)20(2)3/h5,18,20-21,23,28H,4,6-17,19H2,1-3H3/b25-5+,26-24-/t21-,23-. The van der Waals surface area contributed by atoms with Crippen molar-refractivity contribution in [2.24, 2.45) is 10.9 Å². The minimum Gasteiger partial charge on any atom is -0.379 e. The van der Waals surface area contributed by atoms with Gasteiger partial charge in [-0.15, -0.1) is 0 Å². The summed E-state index contributed by atoms with van der Waals surface area (Å²) in [5.41, 5.74) is 2.47. The maximum Gasteiger partial charge on any atom is 0.0594 e. The summed E-state index contributed by atoms with van der Waals surface area (Å²) in [7, 11) is 0. The van der Waals surface area contributed by atoms with Gasteiger partial charge in [0.1, 0.15) is 0 Å². The number of rotatable bonds is 6. The Kier molecular flexibility index (Phi) is 8.22. The third-order valence-electron chi connectivity index (χ3n) is 7.82. The lowest BCUT2D eigenvalue weighted by atomic mass is 9.82. The van der Waals surface area contributed by atoms with Crippen LogP contribution in [0.2, 0.25) is 0 Å². The van der Waals surface area contributed by atoms with E-state index < -0.39 is 0 Å². The molecule has 1 N–H and O–H groups in total. The number of aromatic nitrogens is 1. The fourth-order valence-electron chi connectivity index (χ4n) is 5.82. The third-order valence-corrected chi connectivity index (χ3v) is 7.82. The van der Waals surface area contributed by atoms with Crippen LogP contribution in [0.25, 0.3) is 11.8 Å². The molecule has 0 radical (unpaired) electrons. The van der Waals surface area contributed by atoms with E-state index in [0.717, 1.165) is 38.9 Å². The van der Waals surface area contributed by atoms with E-state index in [1.807, 2.05) is 0 Å². The summed E-state index contributed by atoms with van der Waals surface area (Å²) < 4.78 is 5.50. The first kappa shape index (κ1) is 23.7. The second kappa shape index (κ2) is 11.1. The zero-order chi connectivity index (χ0) is 22.5. The van der Waals surface area contributed by atoms with Crippen molar-refractivity contribution < 1.29 is 4.74 Å². The molecule has 1 aromatic heterocycles. The molecule has 0 spiro atoms. The second-order valence-electron chi connectivity index (χ2n) is 10.0. The Bertz CT molecular complexity index is 853. The van der Waals surface area contributed by atoms with Gasteiger partial charge in [0.15, 0.2) is 0 Å². The van der Waals surface area contributed by atoms with E-state index >= 15 is 0 Å². The number of hydrogen-bond donors (Lipinski definition) is 1. The molecule has 32 heavy (non-hydrogen) atoms. The van der Waals surface area contributed by atoms with Crippen LogP contribution in [-0.2, 0) is 11.3 Å². The summed E-state index contributed by atoms with van der Waals surface area (Å²) in [6, 6.07) is 3.74. The van der Waals surface area contributed by atoms with Crippen molar-refractivity contribution in [1.82, 2.24) is 19.7 Å². The van der Waals surface area contributed by atoms with Crippen molar-refractivity contribution in [3.8, 4) is 0 Å². The molecule has 0 aromatic carbocycles. The van der Waals surface area contributed by atoms with E-state index in [0.29, 0.717) is 12.0 Å². The SMILES string of the molecule is C=N/C(=c1/cc(CN2CCOCC2)[nH]/c1=C/C)[C@H]1CC[C@H](N2CCN(C(C)C)CC2)CC1. The Morgan fingerprint density at radius 1 is 1.12 bits per heavy atom. The van der Waals surface area contributed by atoms with Gasteiger partial charge in [0.05, 0.1) is 18.9 Å². The lowest BCUT2D eigenvalue weighted by molar-refractivity contribution is 0.0337. The molecule has 0 amide bonds. The summed E-state index contributed by atoms with van der Waals surface area (Å²) >= 11 is 0. The van der Waals surface area contributed by atoms with Gasteiger partial charge in [-0.1, -0.05) is 6.08 Å². The highest BCUT2D eigenvalue weighted by Crippen LogP contribution is 2.33. The number of ether oxygens (including phenoxy) is 1. The smallest absolute Gasteiger partial charge is 0.0594 e. The largest absolute Gasteiger partial charge is 0.379 e. The molecule has 0 unspecified atom stereocenters. The Morgan fingerprint density at radius 3 is 2.41 bits per heavy atom. The molecule has 6 nitrogen and oxygen atoms in total. The maximum absolute atomic E-state index is 5.50. The molecule has 2 aliphatic heterocycles. The number of nitrogens with one attached hydrogen (secondary N) is 1. The molecule has 3 heterocycles. The van der Waals surface area contributed by atoms with Crippen LogP contribution in [0.4, 0.5) is 0 Å². The van der Waals surface area contributed by atoms with Crippen molar-refractivity contribution in [2.45, 2.75) is 65.1 Å². The molecular weight excluding hydrogens is 398 g/mol. The molecule has 178 valence electrons. The molecule has 1 saturated carbocycles. The van der Waals surface area contributed by atoms with Crippen molar-refractivity contribution in [2.75, 3.05) is 52.5 Å². The molecule has 0 atom stereocenters. The summed E-state index contributed by atoms with van der Waals surface area (Å²) in [4.78, 5) is 16.1. The Morgan fingerprint density at radius 2 is 1.81 bits per heavy atom. The fourth-order valence-corrected chi connectivity index (χ4v) is 5.82. The quantitative estimate of drug-likeness (QED) is 0.687. The van der Waals surface area contributed by atoms with Crippen LogP contribution in [0.3, 0.4) is 0 Å². The Hall–Kier alpha value is -1.47. The van der Waals surface area contributed by atoms with E-state index in [1.54, 1.807) is 0 Å². The first-order valence-corrected chi connectivity index (χ1v) is 12.7. The molecule has 0 bridgehead atoms. The van der Waals surface area contributed by atoms with Gasteiger partial charge >= 0.3 is 0 Å². The lowest BCUT2D eigenvalue weighted by Crippen LogP contribution is -2.52. The van der Waals surface area contributed by atoms with Crippen LogP contribution in [0.1, 0.15) is 52.1 Å². The van der Waals surface area contributed by atoms with E-state index in [1.165, 1.54) is 73.8 Å². The Balaban J connectivity index is 1.42. The predicted octanol–water partition coefficient (Wildman–Crippen LogP) is 2.04. The van der Waals surface area contributed by atoms with E-state index in [2.05, 4.69) is 64.3 Å². The van der Waals surface area contributed by atoms with Gasteiger partial charge in [0.25, 0.3) is 0 Å². The highest BCUT2D eigenvalue weighted by atomic mass is 16.5. The number of aromatic amines is 1. The molecule has 4 rings (SSSR count). The van der Waals surface area contributed by atoms with Crippen LogP contribution < -0.4 is 10.6 Å². The van der Waals surface area contributed by atoms with Crippen LogP contribution in [-0.4, -0.2) is 91.0 Å². The van der Waals surface area contributed by atoms with Crippen LogP contribution in [0.15, 0.2) is 11.1 Å². The van der Waals surface area contributed by atoms with Gasteiger partial charge in [0.2, 0.25) is 0 Å². The van der Waals surface area contributed by atoms with E-state index in [9.17, 15) is 0 Å². The van der Waals surface area contributed by atoms with Gasteiger partial charge < -0.3 is 9.72 Å². The second-order valence-corrected chi connectivity index (χ2v) is 10.0.